The van der Waals surface area contributed by atoms with Crippen molar-refractivity contribution in [3.8, 4) is 0 Å². The Morgan fingerprint density at radius 1 is 0.949 bits per heavy atom. The van der Waals surface area contributed by atoms with E-state index in [2.05, 4.69) is 0 Å². The van der Waals surface area contributed by atoms with Gasteiger partial charge in [0, 0.05) is 55.6 Å². The second-order valence-corrected chi connectivity index (χ2v) is 18.8. The minimum Gasteiger partial charge on any atom is -0.472 e. The van der Waals surface area contributed by atoms with Crippen molar-refractivity contribution in [3.63, 3.8) is 0 Å². The molecule has 5 heterocycles. The van der Waals surface area contributed by atoms with Gasteiger partial charge in [-0.1, -0.05) is 27.7 Å². The first-order chi connectivity index (χ1) is 27.5. The van der Waals surface area contributed by atoms with Crippen LogP contribution in [0.2, 0.25) is 0 Å². The summed E-state index contributed by atoms with van der Waals surface area (Å²) in [7, 11) is 3.79. The standard InChI is InChI=1S/C41H54O18/c1-12-38(50-11)55-29-39(59-38)28(53-30(46)33(6)20(2)54-33)31(4)19-36(39,47)34(7,23(31)15-25(44)48-9)40-24(43)16-32(5,27(52-21(3)42)22-13-14-51-18-22)37(17-26(45)49-10)41(29,40)58-35(8,56-37)57-40/h13-14,18,20,23-24,27-29,43,47H,12,15-17,19H2,1-11H3/t20-,23+,24-,27+,28+,29-,31+,32+,33+,34-,35?,36-,37+,38-,39+,40+,41+/m1/s1. The number of esters is 4. The van der Waals surface area contributed by atoms with Crippen molar-refractivity contribution in [1.82, 2.24) is 0 Å². The van der Waals surface area contributed by atoms with Crippen LogP contribution in [0.5, 0.6) is 0 Å². The molecule has 1 unspecified atom stereocenters. The van der Waals surface area contributed by atoms with Gasteiger partial charge in [0.2, 0.25) is 0 Å². The second kappa shape index (κ2) is 11.8. The van der Waals surface area contributed by atoms with E-state index in [4.69, 9.17) is 56.5 Å². The van der Waals surface area contributed by atoms with Gasteiger partial charge < -0.3 is 66.7 Å². The van der Waals surface area contributed by atoms with Gasteiger partial charge in [0.05, 0.1) is 45.4 Å². The maximum Gasteiger partial charge on any atom is 0.341 e. The molecule has 4 aliphatic carbocycles. The molecule has 1 aromatic heterocycles. The maximum atomic E-state index is 14.4. The molecular weight excluding hydrogens is 780 g/mol. The summed E-state index contributed by atoms with van der Waals surface area (Å²) in [6, 6.07) is 1.59. The topological polar surface area (TPSA) is 227 Å². The third-order valence-electron chi connectivity index (χ3n) is 16.4. The minimum absolute atomic E-state index is 0.00630. The summed E-state index contributed by atoms with van der Waals surface area (Å²) < 4.78 is 76.4. The van der Waals surface area contributed by atoms with Crippen LogP contribution in [-0.4, -0.2) is 125 Å². The van der Waals surface area contributed by atoms with Crippen LogP contribution in [0.1, 0.15) is 99.2 Å². The number of carbonyl (C=O) groups excluding carboxylic acids is 4. The van der Waals surface area contributed by atoms with Crippen molar-refractivity contribution in [3.05, 3.63) is 24.2 Å². The van der Waals surface area contributed by atoms with Crippen molar-refractivity contribution in [2.75, 3.05) is 21.3 Å². The van der Waals surface area contributed by atoms with Crippen molar-refractivity contribution in [2.24, 2.45) is 22.2 Å². The van der Waals surface area contributed by atoms with Crippen molar-refractivity contribution in [2.45, 2.75) is 164 Å². The highest BCUT2D eigenvalue weighted by Crippen LogP contribution is 2.90. The van der Waals surface area contributed by atoms with Crippen molar-refractivity contribution in [1.29, 1.82) is 0 Å². The van der Waals surface area contributed by atoms with E-state index < -0.39 is 129 Å². The van der Waals surface area contributed by atoms with Gasteiger partial charge in [0.25, 0.3) is 11.9 Å². The van der Waals surface area contributed by atoms with E-state index in [0.717, 1.165) is 0 Å². The van der Waals surface area contributed by atoms with E-state index in [9.17, 15) is 29.4 Å². The van der Waals surface area contributed by atoms with Crippen LogP contribution in [0.4, 0.5) is 0 Å². The van der Waals surface area contributed by atoms with Gasteiger partial charge in [-0.05, 0) is 38.7 Å². The van der Waals surface area contributed by atoms with E-state index >= 15 is 0 Å². The first-order valence-electron chi connectivity index (χ1n) is 20.1. The fraction of sp³-hybridized carbons (Fsp3) is 0.805. The van der Waals surface area contributed by atoms with E-state index in [1.807, 2.05) is 0 Å². The van der Waals surface area contributed by atoms with Crippen molar-refractivity contribution < 1.29 is 85.9 Å². The molecule has 0 amide bonds. The first kappa shape index (κ1) is 41.2. The fourth-order valence-corrected chi connectivity index (χ4v) is 14.0. The van der Waals surface area contributed by atoms with E-state index in [1.54, 1.807) is 47.6 Å². The van der Waals surface area contributed by atoms with Crippen LogP contribution in [-0.2, 0) is 71.3 Å². The Morgan fingerprint density at radius 2 is 1.61 bits per heavy atom. The van der Waals surface area contributed by atoms with Gasteiger partial charge in [-0.3, -0.25) is 14.4 Å². The van der Waals surface area contributed by atoms with E-state index in [0.29, 0.717) is 5.56 Å². The number of epoxide rings is 1. The number of furan rings is 1. The smallest absolute Gasteiger partial charge is 0.341 e. The molecule has 0 aromatic carbocycles. The van der Waals surface area contributed by atoms with Crippen LogP contribution in [0.25, 0.3) is 0 Å². The molecular formula is C41H54O18. The Labute approximate surface area is 340 Å². The highest BCUT2D eigenvalue weighted by atomic mass is 17.0. The molecule has 4 bridgehead atoms. The predicted molar refractivity (Wildman–Crippen MR) is 192 cm³/mol. The molecule has 8 aliphatic rings. The lowest BCUT2D eigenvalue weighted by Crippen LogP contribution is -2.97. The Morgan fingerprint density at radius 3 is 2.17 bits per heavy atom. The lowest BCUT2D eigenvalue weighted by atomic mass is 9.32. The highest BCUT2D eigenvalue weighted by molar-refractivity contribution is 5.83. The molecule has 4 saturated heterocycles. The van der Waals surface area contributed by atoms with Crippen molar-refractivity contribution >= 4 is 23.9 Å². The third kappa shape index (κ3) is 4.15. The number of aliphatic hydroxyl groups is 2. The van der Waals surface area contributed by atoms with Crippen LogP contribution in [0.3, 0.4) is 0 Å². The second-order valence-electron chi connectivity index (χ2n) is 18.8. The normalized spacial score (nSPS) is 53.3. The monoisotopic (exact) mass is 834 g/mol. The average molecular weight is 835 g/mol. The number of fused-ring (bicyclic) bond motifs is 2. The molecule has 1 aromatic rings. The summed E-state index contributed by atoms with van der Waals surface area (Å²) in [5.74, 6) is -8.04. The van der Waals surface area contributed by atoms with Gasteiger partial charge in [-0.15, -0.1) is 0 Å². The summed E-state index contributed by atoms with van der Waals surface area (Å²) in [5.41, 5.74) is -16.8. The van der Waals surface area contributed by atoms with Gasteiger partial charge in [0.1, 0.15) is 35.1 Å². The van der Waals surface area contributed by atoms with Crippen LogP contribution < -0.4 is 0 Å². The largest absolute Gasteiger partial charge is 0.472 e. The summed E-state index contributed by atoms with van der Waals surface area (Å²) in [5, 5.41) is 27.5. The molecule has 4 saturated carbocycles. The van der Waals surface area contributed by atoms with Gasteiger partial charge in [-0.25, -0.2) is 4.79 Å². The molecule has 0 radical (unpaired) electrons. The predicted octanol–water partition coefficient (Wildman–Crippen LogP) is 2.49. The fourth-order valence-electron chi connectivity index (χ4n) is 14.0. The minimum atomic E-state index is -2.29. The zero-order chi connectivity index (χ0) is 43.0. The Hall–Kier alpha value is -3.20. The number of carbonyl (C=O) groups is 4. The molecule has 2 spiro atoms. The van der Waals surface area contributed by atoms with Gasteiger partial charge in [-0.2, -0.15) is 0 Å². The molecule has 8 fully saturated rings. The average Bonchev–Trinajstić information content (AvgIpc) is 3.77. The lowest BCUT2D eigenvalue weighted by Gasteiger charge is -2.78. The third-order valence-corrected chi connectivity index (χ3v) is 16.4. The van der Waals surface area contributed by atoms with Crippen LogP contribution >= 0.6 is 0 Å². The zero-order valence-electron chi connectivity index (χ0n) is 35.2. The summed E-state index contributed by atoms with van der Waals surface area (Å²) >= 11 is 0. The quantitative estimate of drug-likeness (QED) is 0.185. The number of ether oxygens (including phenoxy) is 11. The first-order valence-corrected chi connectivity index (χ1v) is 20.1. The molecule has 18 heteroatoms. The van der Waals surface area contributed by atoms with E-state index in [1.165, 1.54) is 47.7 Å². The zero-order valence-corrected chi connectivity index (χ0v) is 35.2. The molecule has 9 rings (SSSR count). The summed E-state index contributed by atoms with van der Waals surface area (Å²) in [4.78, 5) is 55.4. The highest BCUT2D eigenvalue weighted by Gasteiger charge is 3.07. The molecule has 2 N–H and O–H groups in total. The van der Waals surface area contributed by atoms with E-state index in [-0.39, 0.29) is 25.7 Å². The molecule has 59 heavy (non-hydrogen) atoms. The number of methoxy groups -OCH3 is 3. The number of hydrogen-bond donors (Lipinski definition) is 2. The van der Waals surface area contributed by atoms with Crippen LogP contribution in [0, 0.1) is 22.2 Å². The van der Waals surface area contributed by atoms with Gasteiger partial charge in [0.15, 0.2) is 16.8 Å². The molecule has 18 nitrogen and oxygen atoms in total. The number of hydrogen-bond acceptors (Lipinski definition) is 18. The summed E-state index contributed by atoms with van der Waals surface area (Å²) in [6.07, 6.45) is -5.26. The van der Waals surface area contributed by atoms with Gasteiger partial charge >= 0.3 is 23.9 Å². The molecule has 17 atom stereocenters. The summed E-state index contributed by atoms with van der Waals surface area (Å²) in [6.45, 7) is 12.9. The SMILES string of the molecule is CC[C@@]1(OC)O[C@@H]2[C@@]3(O1)[C@@H](OC(=O)[C@@]1(C)O[C@@H]1C)[C@@]1(C)C[C@@]3(O)[C@@](C)([C@H]1CC(=O)OC)[C@]13OC4(C)O[C@](CC(=O)OC)([C@@]21O4)[C@](C)([C@@H](OC(C)=O)c1ccoc1)C[C@H]3O. The Balaban J connectivity index is 1.42. The van der Waals surface area contributed by atoms with Crippen LogP contribution in [0.15, 0.2) is 23.0 Å². The maximum absolute atomic E-state index is 14.4. The number of rotatable bonds is 11. The number of aliphatic hydroxyl groups excluding tert-OH is 1. The molecule has 4 aliphatic heterocycles. The Kier molecular flexibility index (Phi) is 8.25. The Bertz CT molecular complexity index is 2000. The molecule has 326 valence electrons. The lowest BCUT2D eigenvalue weighted by molar-refractivity contribution is -0.468.